The van der Waals surface area contributed by atoms with Gasteiger partial charge in [0, 0.05) is 43.9 Å². The fourth-order valence-corrected chi connectivity index (χ4v) is 4.94. The molecule has 2 aliphatic rings. The molecule has 194 valence electrons. The molecule has 0 aliphatic carbocycles. The molecule has 2 saturated heterocycles. The highest BCUT2D eigenvalue weighted by Gasteiger charge is 2.55. The van der Waals surface area contributed by atoms with Gasteiger partial charge in [-0.05, 0) is 51.6 Å². The van der Waals surface area contributed by atoms with E-state index in [4.69, 9.17) is 0 Å². The van der Waals surface area contributed by atoms with Crippen molar-refractivity contribution in [1.82, 2.24) is 20.0 Å². The summed E-state index contributed by atoms with van der Waals surface area (Å²) in [6.45, 7) is 5.59. The minimum atomic E-state index is -1.09. The summed E-state index contributed by atoms with van der Waals surface area (Å²) in [6, 6.07) is 0.737. The Morgan fingerprint density at radius 2 is 1.74 bits per heavy atom. The quantitative estimate of drug-likeness (QED) is 0.533. The number of nitrogens with zero attached hydrogens (tertiary/aromatic N) is 3. The molecule has 1 aromatic rings. The van der Waals surface area contributed by atoms with Gasteiger partial charge in [-0.2, -0.15) is 0 Å². The van der Waals surface area contributed by atoms with Crippen LogP contribution in [-0.4, -0.2) is 78.4 Å². The summed E-state index contributed by atoms with van der Waals surface area (Å²) in [5, 5.41) is 3.00. The molecule has 3 rings (SSSR count). The van der Waals surface area contributed by atoms with Crippen LogP contribution in [0, 0.1) is 29.3 Å². The van der Waals surface area contributed by atoms with E-state index in [1.807, 2.05) is 19.0 Å². The fourth-order valence-electron chi connectivity index (χ4n) is 4.94. The summed E-state index contributed by atoms with van der Waals surface area (Å²) in [5.41, 5.74) is -1.47. The van der Waals surface area contributed by atoms with Gasteiger partial charge in [-0.1, -0.05) is 13.8 Å². The number of likely N-dealkylation sites (N-methyl/N-ethyl adjacent to an activating group) is 1. The Morgan fingerprint density at radius 1 is 1.14 bits per heavy atom. The molecule has 4 amide bonds. The number of piperidine rings is 1. The fraction of sp³-hybridized carbons (Fsp3) is 0.640. The molecule has 2 fully saturated rings. The van der Waals surface area contributed by atoms with Crippen LogP contribution in [0.25, 0.3) is 0 Å². The lowest BCUT2D eigenvalue weighted by atomic mass is 9.73. The van der Waals surface area contributed by atoms with Crippen LogP contribution in [0.1, 0.15) is 45.1 Å². The second kappa shape index (κ2) is 11.0. The Balaban J connectivity index is 1.71. The largest absolute Gasteiger partial charge is 0.342 e. The monoisotopic (exact) mass is 496 g/mol. The summed E-state index contributed by atoms with van der Waals surface area (Å²) in [4.78, 5) is 43.8. The molecule has 1 N–H and O–H groups in total. The molecule has 2 heterocycles. The van der Waals surface area contributed by atoms with Gasteiger partial charge < -0.3 is 15.1 Å². The molecule has 7 nitrogen and oxygen atoms in total. The smallest absolute Gasteiger partial charge is 0.325 e. The minimum Gasteiger partial charge on any atom is -0.342 e. The van der Waals surface area contributed by atoms with Crippen molar-refractivity contribution in [2.24, 2.45) is 11.8 Å². The van der Waals surface area contributed by atoms with Crippen molar-refractivity contribution in [3.05, 3.63) is 35.1 Å². The Hall–Kier alpha value is -2.62. The highest BCUT2D eigenvalue weighted by molar-refractivity contribution is 6.07. The molecule has 0 saturated carbocycles. The molecular formula is C25H35F3N4O3. The molecule has 1 atom stereocenters. The maximum Gasteiger partial charge on any atom is 0.325 e. The molecule has 1 aromatic carbocycles. The highest BCUT2D eigenvalue weighted by Crippen LogP contribution is 2.38. The standard InChI is InChI=1S/C25H35F3N4O3/c1-16(2)5-8-25(23(34)32(24(35)29-25)12-11-30(3)4)17-6-9-31(10-7-17)22(33)15-19-20(27)13-18(26)14-21(19)28/h13-14,16-17H,5-12,15H2,1-4H3,(H,29,35)/t25-/m0/s1. The van der Waals surface area contributed by atoms with Crippen molar-refractivity contribution in [2.45, 2.75) is 51.5 Å². The number of carbonyl (C=O) groups is 3. The highest BCUT2D eigenvalue weighted by atomic mass is 19.1. The lowest BCUT2D eigenvalue weighted by Crippen LogP contribution is -2.57. The Bertz CT molecular complexity index is 940. The van der Waals surface area contributed by atoms with Crippen molar-refractivity contribution in [3.63, 3.8) is 0 Å². The first-order chi connectivity index (χ1) is 16.4. The van der Waals surface area contributed by atoms with Crippen molar-refractivity contribution >= 4 is 17.8 Å². The summed E-state index contributed by atoms with van der Waals surface area (Å²) in [5.74, 6) is -3.71. The Kier molecular flexibility index (Phi) is 8.46. The molecule has 0 bridgehead atoms. The first kappa shape index (κ1) is 27.0. The summed E-state index contributed by atoms with van der Waals surface area (Å²) in [7, 11) is 3.75. The number of nitrogens with one attached hydrogen (secondary N) is 1. The summed E-state index contributed by atoms with van der Waals surface area (Å²) >= 11 is 0. The van der Waals surface area contributed by atoms with E-state index in [1.165, 1.54) is 9.80 Å². The topological polar surface area (TPSA) is 73.0 Å². The van der Waals surface area contributed by atoms with E-state index in [2.05, 4.69) is 19.2 Å². The Labute approximate surface area is 204 Å². The van der Waals surface area contributed by atoms with E-state index in [1.54, 1.807) is 0 Å². The number of amides is 4. The SMILES string of the molecule is CC(C)CC[C@@]1(C2CCN(C(=O)Cc3c(F)cc(F)cc3F)CC2)NC(=O)N(CCN(C)C)C1=O. The van der Waals surface area contributed by atoms with Crippen LogP contribution in [0.5, 0.6) is 0 Å². The van der Waals surface area contributed by atoms with Gasteiger partial charge in [-0.25, -0.2) is 18.0 Å². The van der Waals surface area contributed by atoms with Gasteiger partial charge in [0.15, 0.2) is 0 Å². The number of imide groups is 1. The maximum absolute atomic E-state index is 14.0. The number of rotatable bonds is 9. The van der Waals surface area contributed by atoms with Gasteiger partial charge in [-0.3, -0.25) is 14.5 Å². The normalized spacial score (nSPS) is 21.4. The lowest BCUT2D eigenvalue weighted by molar-refractivity contribution is -0.136. The minimum absolute atomic E-state index is 0.162. The number of hydrogen-bond donors (Lipinski definition) is 1. The van der Waals surface area contributed by atoms with Crippen LogP contribution in [-0.2, 0) is 16.0 Å². The van der Waals surface area contributed by atoms with Crippen molar-refractivity contribution < 1.29 is 27.6 Å². The third-order valence-corrected chi connectivity index (χ3v) is 7.07. The van der Waals surface area contributed by atoms with Gasteiger partial charge in [0.2, 0.25) is 5.91 Å². The molecular weight excluding hydrogens is 461 g/mol. The molecule has 10 heteroatoms. The number of likely N-dealkylation sites (tertiary alicyclic amines) is 1. The average molecular weight is 497 g/mol. The summed E-state index contributed by atoms with van der Waals surface area (Å²) in [6.07, 6.45) is 1.72. The van der Waals surface area contributed by atoms with Gasteiger partial charge in [0.25, 0.3) is 5.91 Å². The van der Waals surface area contributed by atoms with Gasteiger partial charge in [0.1, 0.15) is 23.0 Å². The number of carbonyl (C=O) groups excluding carboxylic acids is 3. The third kappa shape index (κ3) is 5.97. The van der Waals surface area contributed by atoms with Crippen LogP contribution in [0.3, 0.4) is 0 Å². The molecule has 2 aliphatic heterocycles. The molecule has 0 spiro atoms. The van der Waals surface area contributed by atoms with Crippen LogP contribution in [0.2, 0.25) is 0 Å². The predicted molar refractivity (Wildman–Crippen MR) is 125 cm³/mol. The number of urea groups is 1. The van der Waals surface area contributed by atoms with Crippen LogP contribution in [0.4, 0.5) is 18.0 Å². The zero-order valence-corrected chi connectivity index (χ0v) is 20.9. The summed E-state index contributed by atoms with van der Waals surface area (Å²) < 4.78 is 41.2. The van der Waals surface area contributed by atoms with Gasteiger partial charge >= 0.3 is 6.03 Å². The van der Waals surface area contributed by atoms with E-state index in [0.29, 0.717) is 63.5 Å². The van der Waals surface area contributed by atoms with E-state index < -0.39 is 40.9 Å². The zero-order valence-electron chi connectivity index (χ0n) is 20.9. The predicted octanol–water partition coefficient (Wildman–Crippen LogP) is 3.17. The third-order valence-electron chi connectivity index (χ3n) is 7.07. The van der Waals surface area contributed by atoms with Crippen LogP contribution < -0.4 is 5.32 Å². The van der Waals surface area contributed by atoms with Crippen molar-refractivity contribution in [2.75, 3.05) is 40.3 Å². The van der Waals surface area contributed by atoms with E-state index in [0.717, 1.165) is 6.42 Å². The molecule has 0 aromatic heterocycles. The Morgan fingerprint density at radius 3 is 2.29 bits per heavy atom. The van der Waals surface area contributed by atoms with Crippen molar-refractivity contribution in [1.29, 1.82) is 0 Å². The zero-order chi connectivity index (χ0) is 25.9. The van der Waals surface area contributed by atoms with Gasteiger partial charge in [-0.15, -0.1) is 0 Å². The van der Waals surface area contributed by atoms with E-state index in [9.17, 15) is 27.6 Å². The number of halogens is 3. The first-order valence-corrected chi connectivity index (χ1v) is 12.1. The second-order valence-electron chi connectivity index (χ2n) is 10.3. The number of benzene rings is 1. The van der Waals surface area contributed by atoms with E-state index >= 15 is 0 Å². The number of hydrogen-bond acceptors (Lipinski definition) is 4. The molecule has 35 heavy (non-hydrogen) atoms. The molecule has 0 radical (unpaired) electrons. The van der Waals surface area contributed by atoms with Crippen LogP contribution >= 0.6 is 0 Å². The molecule has 0 unspecified atom stereocenters. The van der Waals surface area contributed by atoms with Crippen molar-refractivity contribution in [3.8, 4) is 0 Å². The maximum atomic E-state index is 14.0. The van der Waals surface area contributed by atoms with Gasteiger partial charge in [0.05, 0.1) is 6.42 Å². The first-order valence-electron chi connectivity index (χ1n) is 12.1. The second-order valence-corrected chi connectivity index (χ2v) is 10.3. The van der Waals surface area contributed by atoms with Crippen LogP contribution in [0.15, 0.2) is 12.1 Å². The van der Waals surface area contributed by atoms with E-state index in [-0.39, 0.29) is 17.9 Å². The lowest BCUT2D eigenvalue weighted by Gasteiger charge is -2.41. The average Bonchev–Trinajstić information content (AvgIpc) is 3.03.